The van der Waals surface area contributed by atoms with Crippen LogP contribution in [0.3, 0.4) is 0 Å². The molecule has 0 aromatic carbocycles. The van der Waals surface area contributed by atoms with Gasteiger partial charge in [0, 0.05) is 20.2 Å². The largest absolute Gasteiger partial charge is 0.382 e. The van der Waals surface area contributed by atoms with Crippen LogP contribution in [-0.4, -0.2) is 36.8 Å². The van der Waals surface area contributed by atoms with Crippen molar-refractivity contribution < 1.29 is 4.74 Å². The molecule has 0 aliphatic heterocycles. The van der Waals surface area contributed by atoms with Crippen LogP contribution in [0, 0.1) is 5.92 Å². The maximum atomic E-state index is 6.03. The fraction of sp³-hybridized carbons (Fsp3) is 0.636. The molecule has 0 spiro atoms. The summed E-state index contributed by atoms with van der Waals surface area (Å²) >= 11 is 6.03. The van der Waals surface area contributed by atoms with E-state index in [-0.39, 0.29) is 0 Å². The van der Waals surface area contributed by atoms with Crippen molar-refractivity contribution in [2.45, 2.75) is 12.8 Å². The summed E-state index contributed by atoms with van der Waals surface area (Å²) in [5.74, 6) is 1.75. The molecule has 5 nitrogen and oxygen atoms in total. The Morgan fingerprint density at radius 2 is 2.29 bits per heavy atom. The van der Waals surface area contributed by atoms with Gasteiger partial charge in [0.1, 0.15) is 17.2 Å². The lowest BCUT2D eigenvalue weighted by Crippen LogP contribution is -2.24. The van der Waals surface area contributed by atoms with Crippen molar-refractivity contribution in [1.82, 2.24) is 9.97 Å². The van der Waals surface area contributed by atoms with Crippen molar-refractivity contribution in [3.63, 3.8) is 0 Å². The predicted molar refractivity (Wildman–Crippen MR) is 68.3 cm³/mol. The fourth-order valence-electron chi connectivity index (χ4n) is 1.48. The summed E-state index contributed by atoms with van der Waals surface area (Å²) in [6.07, 6.45) is 4.03. The molecule has 0 atom stereocenters. The van der Waals surface area contributed by atoms with E-state index in [0.717, 1.165) is 19.1 Å². The van der Waals surface area contributed by atoms with E-state index < -0.39 is 0 Å². The van der Waals surface area contributed by atoms with E-state index in [9.17, 15) is 0 Å². The van der Waals surface area contributed by atoms with Crippen LogP contribution in [-0.2, 0) is 4.74 Å². The van der Waals surface area contributed by atoms with Crippen LogP contribution in [0.4, 0.5) is 11.6 Å². The third kappa shape index (κ3) is 3.44. The first kappa shape index (κ1) is 12.4. The van der Waals surface area contributed by atoms with Gasteiger partial charge in [0.15, 0.2) is 5.82 Å². The summed E-state index contributed by atoms with van der Waals surface area (Å²) in [5.41, 5.74) is 5.62. The van der Waals surface area contributed by atoms with E-state index >= 15 is 0 Å². The number of aromatic nitrogens is 2. The SMILES string of the molecule is CN(CCOCC1CC1)c1ncnc(N)c1Cl. The standard InChI is InChI=1S/C11H17ClN4O/c1-16(4-5-17-6-8-2-3-8)11-9(12)10(13)14-7-15-11/h7-8H,2-6H2,1H3,(H2,13,14,15). The van der Waals surface area contributed by atoms with Crippen LogP contribution in [0.2, 0.25) is 5.02 Å². The van der Waals surface area contributed by atoms with E-state index in [4.69, 9.17) is 22.1 Å². The second-order valence-electron chi connectivity index (χ2n) is 4.34. The fourth-order valence-corrected chi connectivity index (χ4v) is 1.72. The first-order valence-electron chi connectivity index (χ1n) is 5.73. The molecule has 0 amide bonds. The maximum absolute atomic E-state index is 6.03. The highest BCUT2D eigenvalue weighted by Gasteiger charge is 2.21. The van der Waals surface area contributed by atoms with Crippen molar-refractivity contribution in [2.75, 3.05) is 37.4 Å². The van der Waals surface area contributed by atoms with E-state index in [1.165, 1.54) is 19.2 Å². The van der Waals surface area contributed by atoms with Crippen molar-refractivity contribution in [3.05, 3.63) is 11.3 Å². The molecular formula is C11H17ClN4O. The third-order valence-corrected chi connectivity index (χ3v) is 3.14. The highest BCUT2D eigenvalue weighted by atomic mass is 35.5. The molecule has 1 aromatic heterocycles. The average molecular weight is 257 g/mol. The number of halogens is 1. The number of nitrogens with two attached hydrogens (primary N) is 1. The second-order valence-corrected chi connectivity index (χ2v) is 4.71. The summed E-state index contributed by atoms with van der Waals surface area (Å²) in [7, 11) is 1.91. The van der Waals surface area contributed by atoms with Gasteiger partial charge in [-0.2, -0.15) is 0 Å². The maximum Gasteiger partial charge on any atom is 0.152 e. The van der Waals surface area contributed by atoms with Crippen LogP contribution >= 0.6 is 11.6 Å². The van der Waals surface area contributed by atoms with Gasteiger partial charge in [0.25, 0.3) is 0 Å². The first-order chi connectivity index (χ1) is 8.18. The van der Waals surface area contributed by atoms with E-state index in [2.05, 4.69) is 9.97 Å². The molecule has 1 saturated carbocycles. The van der Waals surface area contributed by atoms with Gasteiger partial charge >= 0.3 is 0 Å². The molecule has 1 aromatic rings. The number of hydrogen-bond acceptors (Lipinski definition) is 5. The third-order valence-electron chi connectivity index (χ3n) is 2.78. The van der Waals surface area contributed by atoms with Gasteiger partial charge in [0.05, 0.1) is 6.61 Å². The Kier molecular flexibility index (Phi) is 4.02. The molecule has 0 bridgehead atoms. The topological polar surface area (TPSA) is 64.3 Å². The molecular weight excluding hydrogens is 240 g/mol. The molecule has 2 N–H and O–H groups in total. The molecule has 0 unspecified atom stereocenters. The van der Waals surface area contributed by atoms with Gasteiger partial charge in [-0.3, -0.25) is 0 Å². The summed E-state index contributed by atoms with van der Waals surface area (Å²) in [6, 6.07) is 0. The Hall–Kier alpha value is -1.07. The minimum absolute atomic E-state index is 0.308. The highest BCUT2D eigenvalue weighted by Crippen LogP contribution is 2.29. The summed E-state index contributed by atoms with van der Waals surface area (Å²) in [5, 5.41) is 0.400. The summed E-state index contributed by atoms with van der Waals surface area (Å²) in [6.45, 7) is 2.28. The highest BCUT2D eigenvalue weighted by molar-refractivity contribution is 6.35. The molecule has 6 heteroatoms. The van der Waals surface area contributed by atoms with Crippen LogP contribution in [0.5, 0.6) is 0 Å². The van der Waals surface area contributed by atoms with Crippen molar-refractivity contribution in [3.8, 4) is 0 Å². The van der Waals surface area contributed by atoms with E-state index in [0.29, 0.717) is 23.3 Å². The molecule has 17 heavy (non-hydrogen) atoms. The quantitative estimate of drug-likeness (QED) is 0.783. The number of ether oxygens (including phenoxy) is 1. The molecule has 1 aliphatic rings. The van der Waals surface area contributed by atoms with Crippen molar-refractivity contribution in [2.24, 2.45) is 5.92 Å². The molecule has 94 valence electrons. The van der Waals surface area contributed by atoms with Gasteiger partial charge in [-0.25, -0.2) is 9.97 Å². The zero-order valence-electron chi connectivity index (χ0n) is 9.90. The normalized spacial score (nSPS) is 14.9. The van der Waals surface area contributed by atoms with Gasteiger partial charge in [-0.1, -0.05) is 11.6 Å². The van der Waals surface area contributed by atoms with E-state index in [1.807, 2.05) is 11.9 Å². The summed E-state index contributed by atoms with van der Waals surface area (Å²) < 4.78 is 5.56. The van der Waals surface area contributed by atoms with Crippen LogP contribution in [0.1, 0.15) is 12.8 Å². The number of hydrogen-bond donors (Lipinski definition) is 1. The molecule has 0 radical (unpaired) electrons. The zero-order valence-corrected chi connectivity index (χ0v) is 10.7. The molecule has 2 rings (SSSR count). The number of rotatable bonds is 6. The van der Waals surface area contributed by atoms with Crippen molar-refractivity contribution in [1.29, 1.82) is 0 Å². The van der Waals surface area contributed by atoms with Gasteiger partial charge in [-0.15, -0.1) is 0 Å². The number of likely N-dealkylation sites (N-methyl/N-ethyl adjacent to an activating group) is 1. The summed E-state index contributed by atoms with van der Waals surface area (Å²) in [4.78, 5) is 9.86. The smallest absolute Gasteiger partial charge is 0.152 e. The van der Waals surface area contributed by atoms with Gasteiger partial charge in [-0.05, 0) is 18.8 Å². The average Bonchev–Trinajstić information content (AvgIpc) is 3.12. The molecule has 1 heterocycles. The first-order valence-corrected chi connectivity index (χ1v) is 6.11. The molecule has 1 fully saturated rings. The van der Waals surface area contributed by atoms with Gasteiger partial charge < -0.3 is 15.4 Å². The van der Waals surface area contributed by atoms with Crippen LogP contribution in [0.25, 0.3) is 0 Å². The lowest BCUT2D eigenvalue weighted by molar-refractivity contribution is 0.131. The Morgan fingerprint density at radius 3 is 3.00 bits per heavy atom. The Balaban J connectivity index is 1.81. The Bertz CT molecular complexity index is 384. The number of anilines is 2. The predicted octanol–water partition coefficient (Wildman–Crippen LogP) is 1.57. The molecule has 0 saturated heterocycles. The minimum atomic E-state index is 0.308. The lowest BCUT2D eigenvalue weighted by Gasteiger charge is -2.19. The lowest BCUT2D eigenvalue weighted by atomic mass is 10.4. The number of nitrogens with zero attached hydrogens (tertiary/aromatic N) is 3. The Labute approximate surface area is 106 Å². The zero-order chi connectivity index (χ0) is 12.3. The van der Waals surface area contributed by atoms with Gasteiger partial charge in [0.2, 0.25) is 0 Å². The monoisotopic (exact) mass is 256 g/mol. The van der Waals surface area contributed by atoms with Crippen molar-refractivity contribution >= 4 is 23.2 Å². The number of nitrogen functional groups attached to an aromatic ring is 1. The molecule has 1 aliphatic carbocycles. The van der Waals surface area contributed by atoms with E-state index in [1.54, 1.807) is 0 Å². The Morgan fingerprint density at radius 1 is 1.53 bits per heavy atom. The minimum Gasteiger partial charge on any atom is -0.382 e. The second kappa shape index (κ2) is 5.51. The van der Waals surface area contributed by atoms with Crippen LogP contribution in [0.15, 0.2) is 6.33 Å². The van der Waals surface area contributed by atoms with Crippen LogP contribution < -0.4 is 10.6 Å².